The molecule has 2 aromatic rings. The first kappa shape index (κ1) is 32.3. The Morgan fingerprint density at radius 2 is 1.63 bits per heavy atom. The van der Waals surface area contributed by atoms with Crippen LogP contribution in [0.2, 0.25) is 0 Å². The molecule has 0 saturated heterocycles. The van der Waals surface area contributed by atoms with Gasteiger partial charge in [-0.1, -0.05) is 51.8 Å². The van der Waals surface area contributed by atoms with Gasteiger partial charge in [0.15, 0.2) is 0 Å². The summed E-state index contributed by atoms with van der Waals surface area (Å²) in [6, 6.07) is 11.8. The van der Waals surface area contributed by atoms with E-state index in [1.807, 2.05) is 25.7 Å². The van der Waals surface area contributed by atoms with Gasteiger partial charge in [0.2, 0.25) is 5.91 Å². The first-order chi connectivity index (χ1) is 19.7. The highest BCUT2D eigenvalue weighted by Gasteiger charge is 2.27. The van der Waals surface area contributed by atoms with Gasteiger partial charge in [0.1, 0.15) is 5.82 Å². The molecule has 3 amide bonds. The molecule has 0 radical (unpaired) electrons. The Hall–Kier alpha value is -3.26. The van der Waals surface area contributed by atoms with Crippen LogP contribution >= 0.6 is 0 Å². The summed E-state index contributed by atoms with van der Waals surface area (Å²) in [4.78, 5) is 41.2. The zero-order chi connectivity index (χ0) is 29.8. The fourth-order valence-corrected chi connectivity index (χ4v) is 5.58. The van der Waals surface area contributed by atoms with Gasteiger partial charge < -0.3 is 21.3 Å². The molecular formula is C33H47FN4O3. The van der Waals surface area contributed by atoms with Gasteiger partial charge in [0.05, 0.1) is 0 Å². The lowest BCUT2D eigenvalue weighted by molar-refractivity contribution is -0.125. The highest BCUT2D eigenvalue weighted by molar-refractivity contribution is 5.99. The molecule has 224 valence electrons. The second kappa shape index (κ2) is 16.2. The van der Waals surface area contributed by atoms with Gasteiger partial charge >= 0.3 is 0 Å². The van der Waals surface area contributed by atoms with Crippen molar-refractivity contribution in [1.82, 2.24) is 15.5 Å². The van der Waals surface area contributed by atoms with Crippen molar-refractivity contribution in [2.45, 2.75) is 84.2 Å². The number of halogens is 1. The predicted molar refractivity (Wildman–Crippen MR) is 161 cm³/mol. The highest BCUT2D eigenvalue weighted by Crippen LogP contribution is 2.24. The topological polar surface area (TPSA) is 105 Å². The third-order valence-corrected chi connectivity index (χ3v) is 7.96. The lowest BCUT2D eigenvalue weighted by Gasteiger charge is -2.27. The van der Waals surface area contributed by atoms with E-state index in [9.17, 15) is 18.8 Å². The smallest absolute Gasteiger partial charge is 0.253 e. The highest BCUT2D eigenvalue weighted by atomic mass is 19.1. The summed E-state index contributed by atoms with van der Waals surface area (Å²) in [5, 5.41) is 6.12. The van der Waals surface area contributed by atoms with Crippen LogP contribution in [0.5, 0.6) is 0 Å². The van der Waals surface area contributed by atoms with Crippen molar-refractivity contribution in [3.63, 3.8) is 0 Å². The lowest BCUT2D eigenvalue weighted by atomic mass is 9.91. The molecule has 0 bridgehead atoms. The third kappa shape index (κ3) is 9.95. The SMILES string of the molecule is CCCN(CCC)C(=O)c1cccc(C(=O)N[C@@H](Cc2ccc(F)cc2)[C@@H](N)C[C@@H](C)C(=O)NCC2CCCC2)c1. The van der Waals surface area contributed by atoms with Gasteiger partial charge in [0, 0.05) is 48.8 Å². The monoisotopic (exact) mass is 566 g/mol. The first-order valence-corrected chi connectivity index (χ1v) is 15.2. The van der Waals surface area contributed by atoms with Crippen LogP contribution in [0.4, 0.5) is 4.39 Å². The second-order valence-electron chi connectivity index (χ2n) is 11.5. The van der Waals surface area contributed by atoms with Gasteiger partial charge in [-0.25, -0.2) is 4.39 Å². The average Bonchev–Trinajstić information content (AvgIpc) is 3.50. The maximum absolute atomic E-state index is 13.5. The van der Waals surface area contributed by atoms with Crippen LogP contribution in [-0.2, 0) is 11.2 Å². The van der Waals surface area contributed by atoms with Gasteiger partial charge in [0.25, 0.3) is 11.8 Å². The molecule has 1 aliphatic rings. The minimum atomic E-state index is -0.523. The van der Waals surface area contributed by atoms with E-state index in [1.165, 1.54) is 25.0 Å². The Kier molecular flexibility index (Phi) is 12.8. The lowest BCUT2D eigenvalue weighted by Crippen LogP contribution is -2.50. The van der Waals surface area contributed by atoms with Crippen LogP contribution in [0.1, 0.15) is 92.0 Å². The van der Waals surface area contributed by atoms with E-state index in [-0.39, 0.29) is 29.5 Å². The fraction of sp³-hybridized carbons (Fsp3) is 0.545. The van der Waals surface area contributed by atoms with Gasteiger partial charge in [-0.2, -0.15) is 0 Å². The van der Waals surface area contributed by atoms with E-state index < -0.39 is 12.1 Å². The van der Waals surface area contributed by atoms with Crippen molar-refractivity contribution in [2.75, 3.05) is 19.6 Å². The Labute approximate surface area is 244 Å². The molecule has 0 unspecified atom stereocenters. The summed E-state index contributed by atoms with van der Waals surface area (Å²) in [7, 11) is 0. The molecule has 0 aromatic heterocycles. The van der Waals surface area contributed by atoms with Crippen molar-refractivity contribution in [2.24, 2.45) is 17.6 Å². The largest absolute Gasteiger partial charge is 0.356 e. The fourth-order valence-electron chi connectivity index (χ4n) is 5.58. The van der Waals surface area contributed by atoms with Crippen molar-refractivity contribution >= 4 is 17.7 Å². The van der Waals surface area contributed by atoms with E-state index in [2.05, 4.69) is 10.6 Å². The van der Waals surface area contributed by atoms with E-state index >= 15 is 0 Å². The number of hydrogen-bond donors (Lipinski definition) is 3. The zero-order valence-electron chi connectivity index (χ0n) is 24.8. The molecule has 0 spiro atoms. The minimum absolute atomic E-state index is 0.0332. The van der Waals surface area contributed by atoms with Crippen LogP contribution in [-0.4, -0.2) is 54.3 Å². The molecule has 0 aliphatic heterocycles. The summed E-state index contributed by atoms with van der Waals surface area (Å²) < 4.78 is 13.5. The maximum atomic E-state index is 13.5. The number of nitrogens with zero attached hydrogens (tertiary/aromatic N) is 1. The van der Waals surface area contributed by atoms with E-state index in [0.717, 1.165) is 31.2 Å². The van der Waals surface area contributed by atoms with Crippen LogP contribution < -0.4 is 16.4 Å². The quantitative estimate of drug-likeness (QED) is 0.279. The van der Waals surface area contributed by atoms with Crippen LogP contribution in [0.15, 0.2) is 48.5 Å². The van der Waals surface area contributed by atoms with Crippen LogP contribution in [0.3, 0.4) is 0 Å². The Balaban J connectivity index is 1.72. The summed E-state index contributed by atoms with van der Waals surface area (Å²) in [5.74, 6) is -0.604. The first-order valence-electron chi connectivity index (χ1n) is 15.2. The second-order valence-corrected chi connectivity index (χ2v) is 11.5. The van der Waals surface area contributed by atoms with Crippen molar-refractivity contribution in [3.05, 3.63) is 71.0 Å². The summed E-state index contributed by atoms with van der Waals surface area (Å²) in [5.41, 5.74) is 8.29. The molecule has 0 heterocycles. The maximum Gasteiger partial charge on any atom is 0.253 e. The number of nitrogens with one attached hydrogen (secondary N) is 2. The Morgan fingerprint density at radius 3 is 2.27 bits per heavy atom. The number of rotatable bonds is 15. The molecular weight excluding hydrogens is 519 g/mol. The number of hydrogen-bond acceptors (Lipinski definition) is 4. The molecule has 7 nitrogen and oxygen atoms in total. The van der Waals surface area contributed by atoms with Crippen molar-refractivity contribution < 1.29 is 18.8 Å². The minimum Gasteiger partial charge on any atom is -0.356 e. The van der Waals surface area contributed by atoms with E-state index in [1.54, 1.807) is 36.4 Å². The van der Waals surface area contributed by atoms with E-state index in [4.69, 9.17) is 5.73 Å². The summed E-state index contributed by atoms with van der Waals surface area (Å²) in [6.45, 7) is 7.92. The number of carbonyl (C=O) groups excluding carboxylic acids is 3. The molecule has 2 aromatic carbocycles. The standard InChI is InChI=1S/C33H47FN4O3/c1-4-17-38(18-5-2)33(41)27-12-8-11-26(21-27)32(40)37-30(20-24-13-15-28(34)16-14-24)29(35)19-23(3)31(39)36-22-25-9-6-7-10-25/h8,11-16,21,23,25,29-30H,4-7,9-10,17-20,22,35H2,1-3H3,(H,36,39)(H,37,40)/t23-,29+,30+/m1/s1. The van der Waals surface area contributed by atoms with Crippen LogP contribution in [0.25, 0.3) is 0 Å². The average molecular weight is 567 g/mol. The van der Waals surface area contributed by atoms with E-state index in [0.29, 0.717) is 49.5 Å². The number of nitrogens with two attached hydrogens (primary N) is 1. The van der Waals surface area contributed by atoms with Gasteiger partial charge in [-0.15, -0.1) is 0 Å². The molecule has 1 aliphatic carbocycles. The van der Waals surface area contributed by atoms with Gasteiger partial charge in [-0.3, -0.25) is 14.4 Å². The normalized spacial score (nSPS) is 15.6. The van der Waals surface area contributed by atoms with Crippen LogP contribution in [0, 0.1) is 17.7 Å². The molecule has 41 heavy (non-hydrogen) atoms. The molecule has 3 atom stereocenters. The molecule has 4 N–H and O–H groups in total. The third-order valence-electron chi connectivity index (χ3n) is 7.96. The molecule has 1 saturated carbocycles. The van der Waals surface area contributed by atoms with Crippen molar-refractivity contribution in [3.8, 4) is 0 Å². The zero-order valence-corrected chi connectivity index (χ0v) is 24.8. The van der Waals surface area contributed by atoms with Gasteiger partial charge in [-0.05, 0) is 80.3 Å². The number of amides is 3. The molecule has 1 fully saturated rings. The summed E-state index contributed by atoms with van der Waals surface area (Å²) in [6.07, 6.45) is 7.21. The molecule has 3 rings (SSSR count). The predicted octanol–water partition coefficient (Wildman–Crippen LogP) is 5.09. The number of carbonyl (C=O) groups is 3. The number of benzene rings is 2. The Bertz CT molecular complexity index is 1130. The van der Waals surface area contributed by atoms with Crippen molar-refractivity contribution in [1.29, 1.82) is 0 Å². The Morgan fingerprint density at radius 1 is 1.00 bits per heavy atom. The molecule has 8 heteroatoms. The summed E-state index contributed by atoms with van der Waals surface area (Å²) >= 11 is 0.